The fourth-order valence-electron chi connectivity index (χ4n) is 4.15. The van der Waals surface area contributed by atoms with Crippen LogP contribution in [0.25, 0.3) is 11.3 Å². The third-order valence-corrected chi connectivity index (χ3v) is 6.03. The zero-order chi connectivity index (χ0) is 25.5. The standard InChI is InChI=1S/C26H30F3N5O2/c1-2-3-12-36-13-11-30-25-19(9-10-23(34-25)26(27,28)29)22-15-24(32-16-31-22)33-21-6-4-5-17-7-8-18(35)14-20(17)21/h4-6,9-10,15-16,18,35H,2-3,7-8,11-14H2,1H3,(H,30,34)(H,31,32,33). The zero-order valence-electron chi connectivity index (χ0n) is 20.1. The van der Waals surface area contributed by atoms with Gasteiger partial charge in [-0.2, -0.15) is 13.2 Å². The van der Waals surface area contributed by atoms with Gasteiger partial charge in [0, 0.05) is 36.9 Å². The van der Waals surface area contributed by atoms with E-state index in [1.54, 1.807) is 6.07 Å². The Morgan fingerprint density at radius 1 is 1.14 bits per heavy atom. The van der Waals surface area contributed by atoms with Gasteiger partial charge in [-0.15, -0.1) is 0 Å². The Bertz CT molecular complexity index is 1170. The first-order valence-corrected chi connectivity index (χ1v) is 12.1. The maximum atomic E-state index is 13.3. The molecule has 1 aliphatic carbocycles. The van der Waals surface area contributed by atoms with Crippen molar-refractivity contribution in [2.24, 2.45) is 0 Å². The molecule has 10 heteroatoms. The zero-order valence-corrected chi connectivity index (χ0v) is 20.1. The van der Waals surface area contributed by atoms with E-state index >= 15 is 0 Å². The van der Waals surface area contributed by atoms with Gasteiger partial charge in [-0.05, 0) is 48.6 Å². The minimum absolute atomic E-state index is 0.0776. The largest absolute Gasteiger partial charge is 0.433 e. The summed E-state index contributed by atoms with van der Waals surface area (Å²) in [6.07, 6.45) is 0.409. The van der Waals surface area contributed by atoms with Crippen LogP contribution in [0.2, 0.25) is 0 Å². The van der Waals surface area contributed by atoms with Gasteiger partial charge < -0.3 is 20.5 Å². The maximum absolute atomic E-state index is 13.3. The van der Waals surface area contributed by atoms with Gasteiger partial charge in [0.1, 0.15) is 23.7 Å². The van der Waals surface area contributed by atoms with Crippen LogP contribution in [-0.4, -0.2) is 45.9 Å². The SMILES string of the molecule is CCCCOCCNc1nc(C(F)(F)F)ccc1-c1cc(Nc2cccc3c2CC(O)CC3)ncn1. The fraction of sp³-hybridized carbons (Fsp3) is 0.423. The summed E-state index contributed by atoms with van der Waals surface area (Å²) < 4.78 is 45.5. The van der Waals surface area contributed by atoms with Gasteiger partial charge in [-0.1, -0.05) is 25.5 Å². The van der Waals surface area contributed by atoms with Crippen LogP contribution in [0, 0.1) is 0 Å². The number of aliphatic hydroxyl groups is 1. The highest BCUT2D eigenvalue weighted by Crippen LogP contribution is 2.34. The molecule has 7 nitrogen and oxygen atoms in total. The first-order valence-electron chi connectivity index (χ1n) is 12.1. The number of aromatic nitrogens is 3. The molecule has 0 bridgehead atoms. The molecule has 3 aromatic rings. The highest BCUT2D eigenvalue weighted by Gasteiger charge is 2.33. The molecule has 4 rings (SSSR count). The molecule has 0 saturated heterocycles. The first kappa shape index (κ1) is 25.8. The van der Waals surface area contributed by atoms with Crippen LogP contribution in [0.3, 0.4) is 0 Å². The quantitative estimate of drug-likeness (QED) is 0.321. The molecule has 0 amide bonds. The molecular weight excluding hydrogens is 471 g/mol. The summed E-state index contributed by atoms with van der Waals surface area (Å²) in [4.78, 5) is 12.4. The van der Waals surface area contributed by atoms with Gasteiger partial charge in [0.25, 0.3) is 0 Å². The molecule has 0 radical (unpaired) electrons. The third-order valence-electron chi connectivity index (χ3n) is 6.03. The number of alkyl halides is 3. The van der Waals surface area contributed by atoms with Crippen molar-refractivity contribution in [3.05, 3.63) is 59.5 Å². The predicted molar refractivity (Wildman–Crippen MR) is 132 cm³/mol. The van der Waals surface area contributed by atoms with E-state index in [2.05, 4.69) is 38.6 Å². The topological polar surface area (TPSA) is 92.2 Å². The van der Waals surface area contributed by atoms with E-state index in [1.165, 1.54) is 18.0 Å². The number of rotatable bonds is 10. The number of halogens is 3. The second kappa shape index (κ2) is 11.7. The van der Waals surface area contributed by atoms with Crippen molar-refractivity contribution in [1.29, 1.82) is 0 Å². The number of nitrogens with zero attached hydrogens (tertiary/aromatic N) is 3. The van der Waals surface area contributed by atoms with Crippen LogP contribution in [0.15, 0.2) is 42.7 Å². The number of nitrogens with one attached hydrogen (secondary N) is 2. The molecule has 2 heterocycles. The number of pyridine rings is 1. The molecule has 1 unspecified atom stereocenters. The number of ether oxygens (including phenoxy) is 1. The van der Waals surface area contributed by atoms with E-state index in [1.807, 2.05) is 12.1 Å². The van der Waals surface area contributed by atoms with E-state index < -0.39 is 11.9 Å². The molecule has 1 atom stereocenters. The Morgan fingerprint density at radius 2 is 2.00 bits per heavy atom. The number of aliphatic hydroxyl groups excluding tert-OH is 1. The number of hydrogen-bond donors (Lipinski definition) is 3. The molecule has 0 fully saturated rings. The Morgan fingerprint density at radius 3 is 2.81 bits per heavy atom. The van der Waals surface area contributed by atoms with E-state index in [9.17, 15) is 18.3 Å². The molecule has 0 saturated carbocycles. The van der Waals surface area contributed by atoms with Crippen molar-refractivity contribution in [2.45, 2.75) is 51.3 Å². The molecule has 3 N–H and O–H groups in total. The lowest BCUT2D eigenvalue weighted by molar-refractivity contribution is -0.141. The molecule has 2 aromatic heterocycles. The van der Waals surface area contributed by atoms with Gasteiger partial charge in [-0.25, -0.2) is 15.0 Å². The lowest BCUT2D eigenvalue weighted by Crippen LogP contribution is -2.19. The fourth-order valence-corrected chi connectivity index (χ4v) is 4.15. The number of aryl methyl sites for hydroxylation is 1. The summed E-state index contributed by atoms with van der Waals surface area (Å²) in [6, 6.07) is 9.90. The van der Waals surface area contributed by atoms with Crippen molar-refractivity contribution in [3.63, 3.8) is 0 Å². The van der Waals surface area contributed by atoms with Crippen LogP contribution in [0.1, 0.15) is 43.0 Å². The average Bonchev–Trinajstić information content (AvgIpc) is 2.86. The smallest absolute Gasteiger partial charge is 0.393 e. The van der Waals surface area contributed by atoms with Crippen molar-refractivity contribution in [1.82, 2.24) is 15.0 Å². The second-order valence-corrected chi connectivity index (χ2v) is 8.74. The van der Waals surface area contributed by atoms with Gasteiger partial charge in [0.15, 0.2) is 0 Å². The van der Waals surface area contributed by atoms with Crippen molar-refractivity contribution < 1.29 is 23.0 Å². The highest BCUT2D eigenvalue weighted by atomic mass is 19.4. The minimum atomic E-state index is -4.57. The van der Waals surface area contributed by atoms with Crippen LogP contribution in [0.4, 0.5) is 30.5 Å². The first-order chi connectivity index (χ1) is 17.3. The maximum Gasteiger partial charge on any atom is 0.433 e. The molecule has 0 spiro atoms. The monoisotopic (exact) mass is 501 g/mol. The number of anilines is 3. The summed E-state index contributed by atoms with van der Waals surface area (Å²) >= 11 is 0. The second-order valence-electron chi connectivity index (χ2n) is 8.74. The number of hydrogen-bond acceptors (Lipinski definition) is 7. The Labute approximate surface area is 208 Å². The summed E-state index contributed by atoms with van der Waals surface area (Å²) in [5, 5.41) is 16.4. The molecule has 192 valence electrons. The van der Waals surface area contributed by atoms with Crippen LogP contribution in [0.5, 0.6) is 0 Å². The molecule has 0 aliphatic heterocycles. The third kappa shape index (κ3) is 6.50. The van der Waals surface area contributed by atoms with Gasteiger partial charge in [0.05, 0.1) is 18.4 Å². The van der Waals surface area contributed by atoms with Gasteiger partial charge in [-0.3, -0.25) is 0 Å². The van der Waals surface area contributed by atoms with Gasteiger partial charge in [0.2, 0.25) is 0 Å². The molecule has 36 heavy (non-hydrogen) atoms. The van der Waals surface area contributed by atoms with E-state index in [0.717, 1.165) is 43.0 Å². The molecule has 1 aromatic carbocycles. The summed E-state index contributed by atoms with van der Waals surface area (Å²) in [5.74, 6) is 0.566. The number of unbranched alkanes of at least 4 members (excludes halogenated alkanes) is 1. The van der Waals surface area contributed by atoms with Crippen LogP contribution in [-0.2, 0) is 23.8 Å². The van der Waals surface area contributed by atoms with E-state index in [4.69, 9.17) is 4.74 Å². The van der Waals surface area contributed by atoms with Crippen molar-refractivity contribution in [3.8, 4) is 11.3 Å². The Kier molecular flexibility index (Phi) is 8.37. The lowest BCUT2D eigenvalue weighted by atomic mass is 9.88. The van der Waals surface area contributed by atoms with Crippen molar-refractivity contribution in [2.75, 3.05) is 30.4 Å². The Hall–Kier alpha value is -3.24. The van der Waals surface area contributed by atoms with Crippen LogP contribution >= 0.6 is 0 Å². The lowest BCUT2D eigenvalue weighted by Gasteiger charge is -2.23. The summed E-state index contributed by atoms with van der Waals surface area (Å²) in [7, 11) is 0. The minimum Gasteiger partial charge on any atom is -0.393 e. The van der Waals surface area contributed by atoms with Crippen LogP contribution < -0.4 is 10.6 Å². The number of benzene rings is 1. The number of fused-ring (bicyclic) bond motifs is 1. The highest BCUT2D eigenvalue weighted by molar-refractivity contribution is 5.75. The summed E-state index contributed by atoms with van der Waals surface area (Å²) in [5.41, 5.74) is 2.92. The summed E-state index contributed by atoms with van der Waals surface area (Å²) in [6.45, 7) is 3.31. The van der Waals surface area contributed by atoms with E-state index in [0.29, 0.717) is 43.3 Å². The van der Waals surface area contributed by atoms with Crippen molar-refractivity contribution >= 4 is 17.3 Å². The average molecular weight is 502 g/mol. The van der Waals surface area contributed by atoms with Gasteiger partial charge >= 0.3 is 6.18 Å². The Balaban J connectivity index is 1.58. The molecule has 1 aliphatic rings. The molecular formula is C26H30F3N5O2. The predicted octanol–water partition coefficient (Wildman–Crippen LogP) is 5.38. The normalized spacial score (nSPS) is 15.4. The van der Waals surface area contributed by atoms with E-state index in [-0.39, 0.29) is 11.9 Å².